The third kappa shape index (κ3) is 2.62. The Balaban J connectivity index is 2.47. The molecule has 2 rings (SSSR count). The van der Waals surface area contributed by atoms with Gasteiger partial charge in [-0.3, -0.25) is 0 Å². The van der Waals surface area contributed by atoms with Gasteiger partial charge in [-0.15, -0.1) is 0 Å². The van der Waals surface area contributed by atoms with E-state index in [1.807, 2.05) is 12.1 Å². The van der Waals surface area contributed by atoms with Crippen LogP contribution in [0.4, 0.5) is 11.4 Å². The topological polar surface area (TPSA) is 58.9 Å². The molecule has 0 bridgehead atoms. The van der Waals surface area contributed by atoms with E-state index in [1.165, 1.54) is 25.3 Å². The summed E-state index contributed by atoms with van der Waals surface area (Å²) in [5.41, 5.74) is 1.87. The first kappa shape index (κ1) is 12.4. The van der Waals surface area contributed by atoms with Crippen LogP contribution in [-0.4, -0.2) is 12.2 Å². The predicted octanol–water partition coefficient (Wildman–Crippen LogP) is 3.67. The molecule has 1 aromatic carbocycles. The number of para-hydroxylation sites is 1. The quantitative estimate of drug-likeness (QED) is 0.599. The summed E-state index contributed by atoms with van der Waals surface area (Å²) in [6.07, 6.45) is 8.87. The monoisotopic (exact) mass is 242 g/mol. The van der Waals surface area contributed by atoms with E-state index >= 15 is 0 Å². The largest absolute Gasteiger partial charge is 0.240 e. The van der Waals surface area contributed by atoms with Crippen LogP contribution in [0.2, 0.25) is 0 Å². The minimum atomic E-state index is 0.396. The molecule has 1 aliphatic carbocycles. The van der Waals surface area contributed by atoms with Gasteiger partial charge in [-0.1, -0.05) is 31.4 Å². The Morgan fingerprint density at radius 3 is 2.39 bits per heavy atom. The Morgan fingerprint density at radius 2 is 1.72 bits per heavy atom. The number of isocyanates is 2. The summed E-state index contributed by atoms with van der Waals surface area (Å²) in [6.45, 7) is 0. The van der Waals surface area contributed by atoms with Gasteiger partial charge in [-0.05, 0) is 30.4 Å². The average molecular weight is 242 g/mol. The van der Waals surface area contributed by atoms with E-state index in [0.29, 0.717) is 17.3 Å². The first-order chi connectivity index (χ1) is 8.86. The van der Waals surface area contributed by atoms with Gasteiger partial charge in [0.15, 0.2) is 0 Å². The zero-order valence-corrected chi connectivity index (χ0v) is 10.1. The van der Waals surface area contributed by atoms with Gasteiger partial charge in [-0.25, -0.2) is 9.59 Å². The zero-order chi connectivity index (χ0) is 12.8. The van der Waals surface area contributed by atoms with E-state index in [0.717, 1.165) is 18.4 Å². The van der Waals surface area contributed by atoms with E-state index in [2.05, 4.69) is 9.98 Å². The first-order valence-electron chi connectivity index (χ1n) is 6.15. The molecule has 0 aliphatic heterocycles. The van der Waals surface area contributed by atoms with Gasteiger partial charge >= 0.3 is 0 Å². The van der Waals surface area contributed by atoms with E-state index in [4.69, 9.17) is 0 Å². The summed E-state index contributed by atoms with van der Waals surface area (Å²) < 4.78 is 0. The number of aliphatic imine (C=N–C) groups is 2. The SMILES string of the molecule is O=C=Nc1cccc(C2CCCCC2)c1N=C=O. The normalized spacial score (nSPS) is 15.6. The predicted molar refractivity (Wildman–Crippen MR) is 67.8 cm³/mol. The summed E-state index contributed by atoms with van der Waals surface area (Å²) in [5.74, 6) is 0.396. The average Bonchev–Trinajstić information content (AvgIpc) is 2.42. The van der Waals surface area contributed by atoms with Gasteiger partial charge < -0.3 is 0 Å². The summed E-state index contributed by atoms with van der Waals surface area (Å²) in [7, 11) is 0. The number of hydrogen-bond acceptors (Lipinski definition) is 4. The molecule has 0 saturated heterocycles. The van der Waals surface area contributed by atoms with Crippen LogP contribution in [0.3, 0.4) is 0 Å². The second-order valence-corrected chi connectivity index (χ2v) is 4.46. The van der Waals surface area contributed by atoms with Crippen LogP contribution in [0.5, 0.6) is 0 Å². The van der Waals surface area contributed by atoms with Gasteiger partial charge in [0.25, 0.3) is 0 Å². The molecule has 0 spiro atoms. The molecule has 18 heavy (non-hydrogen) atoms. The Hall–Kier alpha value is -2.02. The highest BCUT2D eigenvalue weighted by atomic mass is 16.1. The molecule has 4 nitrogen and oxygen atoms in total. The molecule has 0 amide bonds. The summed E-state index contributed by atoms with van der Waals surface area (Å²) in [6, 6.07) is 5.45. The molecule has 0 radical (unpaired) electrons. The van der Waals surface area contributed by atoms with Crippen LogP contribution in [0.25, 0.3) is 0 Å². The Labute approximate surface area is 105 Å². The maximum Gasteiger partial charge on any atom is 0.240 e. The molecular weight excluding hydrogens is 228 g/mol. The minimum absolute atomic E-state index is 0.396. The van der Waals surface area contributed by atoms with Crippen LogP contribution >= 0.6 is 0 Å². The number of nitrogens with zero attached hydrogens (tertiary/aromatic N) is 2. The van der Waals surface area contributed by atoms with E-state index in [9.17, 15) is 9.59 Å². The highest BCUT2D eigenvalue weighted by molar-refractivity contribution is 5.72. The molecule has 1 aliphatic rings. The summed E-state index contributed by atoms with van der Waals surface area (Å²) in [5, 5.41) is 0. The van der Waals surface area contributed by atoms with Crippen molar-refractivity contribution in [1.29, 1.82) is 0 Å². The van der Waals surface area contributed by atoms with Crippen molar-refractivity contribution in [1.82, 2.24) is 0 Å². The second kappa shape index (κ2) is 6.06. The van der Waals surface area contributed by atoms with Crippen molar-refractivity contribution in [2.24, 2.45) is 9.98 Å². The molecule has 1 aromatic rings. The second-order valence-electron chi connectivity index (χ2n) is 4.46. The molecule has 1 fully saturated rings. The fourth-order valence-corrected chi connectivity index (χ4v) is 2.60. The fourth-order valence-electron chi connectivity index (χ4n) is 2.60. The van der Waals surface area contributed by atoms with Crippen molar-refractivity contribution in [3.8, 4) is 0 Å². The molecule has 0 atom stereocenters. The van der Waals surface area contributed by atoms with Crippen LogP contribution < -0.4 is 0 Å². The number of carbonyl (C=O) groups excluding carboxylic acids is 2. The van der Waals surface area contributed by atoms with Gasteiger partial charge in [0.05, 0.1) is 0 Å². The smallest absolute Gasteiger partial charge is 0.211 e. The van der Waals surface area contributed by atoms with Crippen LogP contribution in [0, 0.1) is 0 Å². The molecule has 92 valence electrons. The van der Waals surface area contributed by atoms with Gasteiger partial charge in [0, 0.05) is 0 Å². The van der Waals surface area contributed by atoms with Crippen molar-refractivity contribution in [3.05, 3.63) is 23.8 Å². The number of rotatable bonds is 3. The summed E-state index contributed by atoms with van der Waals surface area (Å²) in [4.78, 5) is 28.2. The summed E-state index contributed by atoms with van der Waals surface area (Å²) >= 11 is 0. The van der Waals surface area contributed by atoms with Crippen LogP contribution in [-0.2, 0) is 9.59 Å². The van der Waals surface area contributed by atoms with Gasteiger partial charge in [0.1, 0.15) is 11.4 Å². The lowest BCUT2D eigenvalue weighted by molar-refractivity contribution is 0.444. The van der Waals surface area contributed by atoms with Crippen molar-refractivity contribution in [3.63, 3.8) is 0 Å². The number of benzene rings is 1. The lowest BCUT2D eigenvalue weighted by Gasteiger charge is -2.23. The molecular formula is C14H14N2O2. The molecule has 1 saturated carbocycles. The maximum atomic E-state index is 10.5. The molecule has 4 heteroatoms. The van der Waals surface area contributed by atoms with E-state index in [1.54, 1.807) is 12.1 Å². The van der Waals surface area contributed by atoms with Crippen LogP contribution in [0.15, 0.2) is 28.2 Å². The van der Waals surface area contributed by atoms with E-state index in [-0.39, 0.29) is 0 Å². The van der Waals surface area contributed by atoms with Crippen LogP contribution in [0.1, 0.15) is 43.6 Å². The molecule has 0 unspecified atom stereocenters. The van der Waals surface area contributed by atoms with Gasteiger partial charge in [-0.2, -0.15) is 9.98 Å². The third-order valence-electron chi connectivity index (χ3n) is 3.41. The fraction of sp³-hybridized carbons (Fsp3) is 0.429. The Morgan fingerprint density at radius 1 is 1.00 bits per heavy atom. The van der Waals surface area contributed by atoms with Crippen molar-refractivity contribution >= 4 is 23.5 Å². The van der Waals surface area contributed by atoms with E-state index < -0.39 is 0 Å². The maximum absolute atomic E-state index is 10.5. The molecule has 0 heterocycles. The lowest BCUT2D eigenvalue weighted by Crippen LogP contribution is -2.04. The number of hydrogen-bond donors (Lipinski definition) is 0. The Bertz CT molecular complexity index is 521. The first-order valence-corrected chi connectivity index (χ1v) is 6.15. The van der Waals surface area contributed by atoms with Crippen molar-refractivity contribution in [2.45, 2.75) is 38.0 Å². The van der Waals surface area contributed by atoms with Crippen molar-refractivity contribution < 1.29 is 9.59 Å². The van der Waals surface area contributed by atoms with Gasteiger partial charge in [0.2, 0.25) is 12.2 Å². The minimum Gasteiger partial charge on any atom is -0.211 e. The molecule has 0 N–H and O–H groups in total. The van der Waals surface area contributed by atoms with Crippen molar-refractivity contribution in [2.75, 3.05) is 0 Å². The third-order valence-corrected chi connectivity index (χ3v) is 3.41. The molecule has 0 aromatic heterocycles. The highest BCUT2D eigenvalue weighted by Gasteiger charge is 2.20. The Kier molecular flexibility index (Phi) is 4.19. The zero-order valence-electron chi connectivity index (χ0n) is 10.1. The lowest BCUT2D eigenvalue weighted by atomic mass is 9.83. The highest BCUT2D eigenvalue weighted by Crippen LogP contribution is 2.41. The standard InChI is InChI=1S/C14H14N2O2/c17-9-15-13-8-4-7-12(14(13)16-10-18)11-5-2-1-3-6-11/h4,7-8,11H,1-3,5-6H2.